The van der Waals surface area contributed by atoms with E-state index in [0.29, 0.717) is 30.2 Å². The average molecular weight is 494 g/mol. The van der Waals surface area contributed by atoms with E-state index < -0.39 is 20.9 Å². The van der Waals surface area contributed by atoms with Crippen molar-refractivity contribution in [1.82, 2.24) is 15.0 Å². The largest absolute Gasteiger partial charge is 0.375 e. The van der Waals surface area contributed by atoms with Crippen LogP contribution in [0.25, 0.3) is 0 Å². The maximum atomic E-state index is 12.7. The van der Waals surface area contributed by atoms with Crippen LogP contribution in [-0.4, -0.2) is 61.0 Å². The number of hydrogen-bond donors (Lipinski definition) is 4. The number of nitrogens with two attached hydrogens (primary N) is 1. The third kappa shape index (κ3) is 6.25. The monoisotopic (exact) mass is 493 g/mol. The number of sulfonamides is 1. The minimum Gasteiger partial charge on any atom is -0.375 e. The first-order chi connectivity index (χ1) is 16.2. The molecule has 1 heterocycles. The molecule has 0 saturated heterocycles. The van der Waals surface area contributed by atoms with Gasteiger partial charge in [-0.3, -0.25) is 0 Å². The second-order valence-electron chi connectivity index (χ2n) is 9.24. The zero-order chi connectivity index (χ0) is 24.8. The van der Waals surface area contributed by atoms with Crippen molar-refractivity contribution in [1.29, 1.82) is 0 Å². The fourth-order valence-electron chi connectivity index (χ4n) is 4.99. The summed E-state index contributed by atoms with van der Waals surface area (Å²) in [4.78, 5) is 13.3. The molecule has 5 N–H and O–H groups in total. The van der Waals surface area contributed by atoms with Gasteiger partial charge in [-0.25, -0.2) is 13.6 Å². The summed E-state index contributed by atoms with van der Waals surface area (Å²) in [5, 5.41) is 15.4. The fraction of sp³-hybridized carbons (Fsp3) is 0.696. The van der Waals surface area contributed by atoms with Crippen LogP contribution >= 0.6 is 0 Å². The van der Waals surface area contributed by atoms with Crippen LogP contribution in [0, 0.1) is 11.8 Å². The lowest BCUT2D eigenvalue weighted by atomic mass is 9.75. The predicted molar refractivity (Wildman–Crippen MR) is 136 cm³/mol. The van der Waals surface area contributed by atoms with Gasteiger partial charge in [0.2, 0.25) is 27.9 Å². The highest BCUT2D eigenvalue weighted by molar-refractivity contribution is 7.90. The van der Waals surface area contributed by atoms with E-state index in [1.807, 2.05) is 32.9 Å². The smallest absolute Gasteiger partial charge is 0.229 e. The minimum atomic E-state index is -3.86. The van der Waals surface area contributed by atoms with E-state index in [-0.39, 0.29) is 5.92 Å². The van der Waals surface area contributed by atoms with E-state index in [0.717, 1.165) is 50.9 Å². The molecule has 1 saturated carbocycles. The third-order valence-corrected chi connectivity index (χ3v) is 8.28. The van der Waals surface area contributed by atoms with E-state index in [4.69, 9.17) is 9.88 Å². The van der Waals surface area contributed by atoms with Crippen LogP contribution < -0.4 is 21.1 Å². The second kappa shape index (κ2) is 11.5. The number of methoxy groups -OCH3 is 1. The first-order valence-electron chi connectivity index (χ1n) is 12.1. The quantitative estimate of drug-likeness (QED) is 0.366. The van der Waals surface area contributed by atoms with Crippen molar-refractivity contribution in [2.45, 2.75) is 63.7 Å². The van der Waals surface area contributed by atoms with Crippen LogP contribution in [0.2, 0.25) is 0 Å². The fourth-order valence-corrected chi connectivity index (χ4v) is 6.30. The Kier molecular flexibility index (Phi) is 8.89. The number of hydrogen-bond acceptors (Lipinski definition) is 9. The van der Waals surface area contributed by atoms with Crippen molar-refractivity contribution in [2.24, 2.45) is 17.0 Å². The zero-order valence-corrected chi connectivity index (χ0v) is 21.5. The highest BCUT2D eigenvalue weighted by Gasteiger charge is 2.49. The molecule has 2 unspecified atom stereocenters. The van der Waals surface area contributed by atoms with Gasteiger partial charge in [0.15, 0.2) is 0 Å². The highest BCUT2D eigenvalue weighted by Crippen LogP contribution is 2.41. The molecule has 0 aromatic carbocycles. The van der Waals surface area contributed by atoms with Gasteiger partial charge in [0.05, 0.1) is 0 Å². The standard InChI is InChI=1S/C23H39N7O3S/c1-5-25-20-28-21(26-6-2)30-22(29-20)27-15-18-10-8-17(9-11-18)14-23(34(24,31)32)13-16(3)7-12-19(23)33-4/h7,12-13,17-19H,5-6,8-11,14-15H2,1-4H3,(H2,24,31,32)(H3,25,26,27,28,29,30). The molecule has 2 atom stereocenters. The van der Waals surface area contributed by atoms with Crippen LogP contribution in [0.3, 0.4) is 0 Å². The number of nitrogens with zero attached hydrogens (tertiary/aromatic N) is 3. The summed E-state index contributed by atoms with van der Waals surface area (Å²) < 4.78 is 29.8. The maximum Gasteiger partial charge on any atom is 0.229 e. The van der Waals surface area contributed by atoms with Crippen molar-refractivity contribution >= 4 is 27.9 Å². The van der Waals surface area contributed by atoms with Crippen molar-refractivity contribution in [3.63, 3.8) is 0 Å². The lowest BCUT2D eigenvalue weighted by Gasteiger charge is -2.40. The first-order valence-corrected chi connectivity index (χ1v) is 13.7. The molecule has 2 aliphatic rings. The molecule has 1 aromatic heterocycles. The van der Waals surface area contributed by atoms with Crippen LogP contribution in [-0.2, 0) is 14.8 Å². The average Bonchev–Trinajstić information content (AvgIpc) is 2.78. The Morgan fingerprint density at radius 2 is 1.53 bits per heavy atom. The van der Waals surface area contributed by atoms with Gasteiger partial charge in [0.1, 0.15) is 10.9 Å². The third-order valence-electron chi connectivity index (χ3n) is 6.70. The van der Waals surface area contributed by atoms with E-state index in [9.17, 15) is 8.42 Å². The number of ether oxygens (including phenoxy) is 1. The molecular formula is C23H39N7O3S. The van der Waals surface area contributed by atoms with Gasteiger partial charge in [-0.1, -0.05) is 36.6 Å². The summed E-state index contributed by atoms with van der Waals surface area (Å²) in [6.07, 6.45) is 9.27. The van der Waals surface area contributed by atoms with Crippen molar-refractivity contribution < 1.29 is 13.2 Å². The van der Waals surface area contributed by atoms with Gasteiger partial charge in [-0.2, -0.15) is 15.0 Å². The number of allylic oxidation sites excluding steroid dienone is 2. The molecule has 0 radical (unpaired) electrons. The summed E-state index contributed by atoms with van der Waals surface area (Å²) in [5.41, 5.74) is 0.895. The first kappa shape index (κ1) is 26.4. The topological polar surface area (TPSA) is 144 Å². The molecule has 0 spiro atoms. The molecule has 34 heavy (non-hydrogen) atoms. The maximum absolute atomic E-state index is 12.7. The molecule has 1 fully saturated rings. The molecule has 0 aliphatic heterocycles. The number of nitrogens with one attached hydrogen (secondary N) is 3. The molecule has 0 amide bonds. The molecular weight excluding hydrogens is 454 g/mol. The lowest BCUT2D eigenvalue weighted by molar-refractivity contribution is 0.0996. The number of primary sulfonamides is 1. The SMILES string of the molecule is CCNc1nc(NCC)nc(NCC2CCC(CC3(S(N)(=O)=O)C=C(C)C=CC3OC)CC2)n1. The van der Waals surface area contributed by atoms with Crippen molar-refractivity contribution in [2.75, 3.05) is 42.7 Å². The van der Waals surface area contributed by atoms with E-state index in [2.05, 4.69) is 30.9 Å². The van der Waals surface area contributed by atoms with Gasteiger partial charge >= 0.3 is 0 Å². The Labute approximate surface area is 203 Å². The summed E-state index contributed by atoms with van der Waals surface area (Å²) in [6.45, 7) is 8.11. The molecule has 3 rings (SSSR count). The Bertz CT molecular complexity index is 966. The summed E-state index contributed by atoms with van der Waals surface area (Å²) >= 11 is 0. The van der Waals surface area contributed by atoms with Crippen LogP contribution in [0.5, 0.6) is 0 Å². The van der Waals surface area contributed by atoms with E-state index in [1.165, 1.54) is 7.11 Å². The lowest BCUT2D eigenvalue weighted by Crippen LogP contribution is -2.53. The summed E-state index contributed by atoms with van der Waals surface area (Å²) in [7, 11) is -2.32. The Hall–Kier alpha value is -2.24. The van der Waals surface area contributed by atoms with Crippen molar-refractivity contribution in [3.8, 4) is 0 Å². The van der Waals surface area contributed by atoms with Gasteiger partial charge in [0, 0.05) is 26.7 Å². The molecule has 1 aromatic rings. The van der Waals surface area contributed by atoms with Gasteiger partial charge in [0.25, 0.3) is 0 Å². The second-order valence-corrected chi connectivity index (χ2v) is 11.1. The Morgan fingerprint density at radius 1 is 1.00 bits per heavy atom. The van der Waals surface area contributed by atoms with Gasteiger partial charge in [-0.05, 0) is 51.9 Å². The molecule has 190 valence electrons. The molecule has 0 bridgehead atoms. The number of rotatable bonds is 11. The van der Waals surface area contributed by atoms with Crippen molar-refractivity contribution in [3.05, 3.63) is 23.8 Å². The molecule has 10 nitrogen and oxygen atoms in total. The number of aromatic nitrogens is 3. The number of anilines is 3. The van der Waals surface area contributed by atoms with Gasteiger partial charge < -0.3 is 20.7 Å². The van der Waals surface area contributed by atoms with Crippen LogP contribution in [0.1, 0.15) is 52.9 Å². The van der Waals surface area contributed by atoms with E-state index in [1.54, 1.807) is 6.08 Å². The minimum absolute atomic E-state index is 0.265. The highest BCUT2D eigenvalue weighted by atomic mass is 32.2. The molecule has 11 heteroatoms. The summed E-state index contributed by atoms with van der Waals surface area (Å²) in [5.74, 6) is 2.37. The normalized spacial score (nSPS) is 27.2. The predicted octanol–water partition coefficient (Wildman–Crippen LogP) is 2.90. The molecule has 2 aliphatic carbocycles. The van der Waals surface area contributed by atoms with Crippen LogP contribution in [0.15, 0.2) is 23.8 Å². The Morgan fingerprint density at radius 3 is 2.03 bits per heavy atom. The van der Waals surface area contributed by atoms with Gasteiger partial charge in [-0.15, -0.1) is 0 Å². The summed E-state index contributed by atoms with van der Waals surface area (Å²) in [6, 6.07) is 0. The zero-order valence-electron chi connectivity index (χ0n) is 20.7. The van der Waals surface area contributed by atoms with E-state index >= 15 is 0 Å². The van der Waals surface area contributed by atoms with Crippen LogP contribution in [0.4, 0.5) is 17.8 Å². The Balaban J connectivity index is 1.61.